The molecule has 0 aliphatic carbocycles. The summed E-state index contributed by atoms with van der Waals surface area (Å²) in [7, 11) is 5.73. The average molecular weight is 339 g/mol. The van der Waals surface area contributed by atoms with E-state index in [2.05, 4.69) is 44.0 Å². The minimum atomic E-state index is 0.736. The lowest BCUT2D eigenvalue weighted by molar-refractivity contribution is 0.120. The van der Waals surface area contributed by atoms with Gasteiger partial charge in [0.2, 0.25) is 0 Å². The van der Waals surface area contributed by atoms with Gasteiger partial charge in [0.05, 0.1) is 6.61 Å². The molecule has 1 saturated heterocycles. The molecule has 5 nitrogen and oxygen atoms in total. The molecule has 0 radical (unpaired) electrons. The monoisotopic (exact) mass is 338 g/mol. The van der Waals surface area contributed by atoms with E-state index < -0.39 is 0 Å². The Morgan fingerprint density at radius 3 is 2.87 bits per heavy atom. The van der Waals surface area contributed by atoms with Crippen LogP contribution in [0.25, 0.3) is 0 Å². The normalized spacial score (nSPS) is 17.4. The molecule has 2 heterocycles. The van der Waals surface area contributed by atoms with Crippen LogP contribution in [0.5, 0.6) is 0 Å². The van der Waals surface area contributed by atoms with Crippen molar-refractivity contribution < 1.29 is 4.74 Å². The number of nitrogens with one attached hydrogen (secondary N) is 1. The summed E-state index contributed by atoms with van der Waals surface area (Å²) in [6.45, 7) is 6.17. The van der Waals surface area contributed by atoms with Gasteiger partial charge in [-0.05, 0) is 54.2 Å². The minimum Gasteiger partial charge on any atom is -0.383 e. The topological polar surface area (TPSA) is 40.1 Å². The SMILES string of the molecule is CN=C(NCC1CCN(CCOC)CC1)N(C)Cc1ccsc1. The van der Waals surface area contributed by atoms with Crippen molar-refractivity contribution in [3.8, 4) is 0 Å². The second-order valence-corrected chi connectivity index (χ2v) is 6.97. The number of aliphatic imine (C=N–C) groups is 1. The Morgan fingerprint density at radius 1 is 1.48 bits per heavy atom. The van der Waals surface area contributed by atoms with Crippen LogP contribution >= 0.6 is 11.3 Å². The predicted molar refractivity (Wildman–Crippen MR) is 98.2 cm³/mol. The van der Waals surface area contributed by atoms with Gasteiger partial charge in [-0.15, -0.1) is 0 Å². The minimum absolute atomic E-state index is 0.736. The van der Waals surface area contributed by atoms with Crippen molar-refractivity contribution in [3.05, 3.63) is 22.4 Å². The maximum atomic E-state index is 5.16. The van der Waals surface area contributed by atoms with Crippen molar-refractivity contribution in [3.63, 3.8) is 0 Å². The Bertz CT molecular complexity index is 455. The zero-order valence-corrected chi connectivity index (χ0v) is 15.4. The van der Waals surface area contributed by atoms with E-state index in [1.165, 1.54) is 31.5 Å². The van der Waals surface area contributed by atoms with Crippen LogP contribution in [-0.2, 0) is 11.3 Å². The molecule has 2 rings (SSSR count). The number of nitrogens with zero attached hydrogens (tertiary/aromatic N) is 3. The van der Waals surface area contributed by atoms with Gasteiger partial charge in [-0.25, -0.2) is 0 Å². The third kappa shape index (κ3) is 6.12. The van der Waals surface area contributed by atoms with Gasteiger partial charge in [-0.2, -0.15) is 11.3 Å². The molecule has 0 bridgehead atoms. The molecular formula is C17H30N4OS. The number of thiophene rings is 1. The number of methoxy groups -OCH3 is 1. The highest BCUT2D eigenvalue weighted by atomic mass is 32.1. The summed E-state index contributed by atoms with van der Waals surface area (Å²) in [5.74, 6) is 1.72. The van der Waals surface area contributed by atoms with Crippen molar-refractivity contribution in [2.24, 2.45) is 10.9 Å². The second-order valence-electron chi connectivity index (χ2n) is 6.19. The van der Waals surface area contributed by atoms with Crippen molar-refractivity contribution in [1.29, 1.82) is 0 Å². The summed E-state index contributed by atoms with van der Waals surface area (Å²) in [5.41, 5.74) is 1.34. The van der Waals surface area contributed by atoms with Crippen LogP contribution in [0.1, 0.15) is 18.4 Å². The molecule has 130 valence electrons. The van der Waals surface area contributed by atoms with Gasteiger partial charge in [-0.1, -0.05) is 0 Å². The molecule has 0 aromatic carbocycles. The number of rotatable bonds is 7. The van der Waals surface area contributed by atoms with Crippen LogP contribution in [0.2, 0.25) is 0 Å². The van der Waals surface area contributed by atoms with Crippen molar-refractivity contribution >= 4 is 17.3 Å². The van der Waals surface area contributed by atoms with Crippen LogP contribution in [0.3, 0.4) is 0 Å². The van der Waals surface area contributed by atoms with Gasteiger partial charge in [0.25, 0.3) is 0 Å². The standard InChI is InChI=1S/C17H30N4OS/c1-18-17(20(2)13-16-6-11-23-14-16)19-12-15-4-7-21(8-5-15)9-10-22-3/h6,11,14-15H,4-5,7-10,12-13H2,1-3H3,(H,18,19). The fourth-order valence-corrected chi connectivity index (χ4v) is 3.65. The molecule has 1 aromatic heterocycles. The third-order valence-corrected chi connectivity index (χ3v) is 5.17. The van der Waals surface area contributed by atoms with Crippen molar-refractivity contribution in [2.45, 2.75) is 19.4 Å². The number of hydrogen-bond acceptors (Lipinski definition) is 4. The van der Waals surface area contributed by atoms with Crippen LogP contribution < -0.4 is 5.32 Å². The summed E-state index contributed by atoms with van der Waals surface area (Å²) in [4.78, 5) is 9.10. The van der Waals surface area contributed by atoms with Crippen LogP contribution in [0, 0.1) is 5.92 Å². The van der Waals surface area contributed by atoms with E-state index in [9.17, 15) is 0 Å². The van der Waals surface area contributed by atoms with Gasteiger partial charge in [-0.3, -0.25) is 4.99 Å². The van der Waals surface area contributed by atoms with Crippen molar-refractivity contribution in [2.75, 3.05) is 54.0 Å². The number of hydrogen-bond donors (Lipinski definition) is 1. The van der Waals surface area contributed by atoms with Gasteiger partial charge < -0.3 is 19.9 Å². The molecule has 0 spiro atoms. The highest BCUT2D eigenvalue weighted by molar-refractivity contribution is 7.07. The highest BCUT2D eigenvalue weighted by Gasteiger charge is 2.19. The van der Waals surface area contributed by atoms with Crippen molar-refractivity contribution in [1.82, 2.24) is 15.1 Å². The highest BCUT2D eigenvalue weighted by Crippen LogP contribution is 2.16. The van der Waals surface area contributed by atoms with Crippen LogP contribution in [0.15, 0.2) is 21.8 Å². The maximum absolute atomic E-state index is 5.16. The fourth-order valence-electron chi connectivity index (χ4n) is 2.99. The van der Waals surface area contributed by atoms with Gasteiger partial charge in [0.1, 0.15) is 0 Å². The first kappa shape index (κ1) is 18.2. The molecule has 1 aliphatic rings. The quantitative estimate of drug-likeness (QED) is 0.611. The molecule has 1 aliphatic heterocycles. The summed E-state index contributed by atoms with van der Waals surface area (Å²) < 4.78 is 5.16. The molecular weight excluding hydrogens is 308 g/mol. The fraction of sp³-hybridized carbons (Fsp3) is 0.706. The summed E-state index contributed by atoms with van der Waals surface area (Å²) in [5, 5.41) is 7.86. The first-order chi connectivity index (χ1) is 11.2. The van der Waals surface area contributed by atoms with E-state index in [0.717, 1.165) is 38.1 Å². The van der Waals surface area contributed by atoms with Gasteiger partial charge >= 0.3 is 0 Å². The first-order valence-electron chi connectivity index (χ1n) is 8.37. The van der Waals surface area contributed by atoms with Crippen LogP contribution in [-0.4, -0.2) is 69.8 Å². The number of piperidine rings is 1. The van der Waals surface area contributed by atoms with Crippen LogP contribution in [0.4, 0.5) is 0 Å². The third-order valence-electron chi connectivity index (χ3n) is 4.44. The molecule has 23 heavy (non-hydrogen) atoms. The van der Waals surface area contributed by atoms with E-state index in [1.807, 2.05) is 7.05 Å². The largest absolute Gasteiger partial charge is 0.383 e. The van der Waals surface area contributed by atoms with E-state index in [0.29, 0.717) is 0 Å². The Morgan fingerprint density at radius 2 is 2.26 bits per heavy atom. The smallest absolute Gasteiger partial charge is 0.193 e. The summed E-state index contributed by atoms with van der Waals surface area (Å²) in [6.07, 6.45) is 2.50. The van der Waals surface area contributed by atoms with E-state index in [1.54, 1.807) is 18.4 Å². The predicted octanol–water partition coefficient (Wildman–Crippen LogP) is 2.11. The molecule has 1 fully saturated rings. The molecule has 0 atom stereocenters. The first-order valence-corrected chi connectivity index (χ1v) is 9.31. The molecule has 0 unspecified atom stereocenters. The number of likely N-dealkylation sites (tertiary alicyclic amines) is 1. The van der Waals surface area contributed by atoms with Gasteiger partial charge in [0, 0.05) is 40.8 Å². The Hall–Kier alpha value is -1.11. The van der Waals surface area contributed by atoms with Gasteiger partial charge in [0.15, 0.2) is 5.96 Å². The molecule has 0 amide bonds. The average Bonchev–Trinajstić information content (AvgIpc) is 3.07. The molecule has 1 aromatic rings. The lowest BCUT2D eigenvalue weighted by Gasteiger charge is -2.32. The summed E-state index contributed by atoms with van der Waals surface area (Å²) in [6, 6.07) is 2.17. The Labute approximate surface area is 144 Å². The van der Waals surface area contributed by atoms with E-state index in [4.69, 9.17) is 4.74 Å². The second kappa shape index (κ2) is 9.90. The summed E-state index contributed by atoms with van der Waals surface area (Å²) >= 11 is 1.74. The lowest BCUT2D eigenvalue weighted by Crippen LogP contribution is -2.43. The number of ether oxygens (including phenoxy) is 1. The zero-order chi connectivity index (χ0) is 16.5. The lowest BCUT2D eigenvalue weighted by atomic mass is 9.97. The maximum Gasteiger partial charge on any atom is 0.193 e. The number of guanidine groups is 1. The Balaban J connectivity index is 1.69. The van der Waals surface area contributed by atoms with E-state index >= 15 is 0 Å². The zero-order valence-electron chi connectivity index (χ0n) is 14.6. The Kier molecular flexibility index (Phi) is 7.85. The molecule has 0 saturated carbocycles. The van der Waals surface area contributed by atoms with E-state index in [-0.39, 0.29) is 0 Å². The molecule has 1 N–H and O–H groups in total. The molecule has 6 heteroatoms.